The average Bonchev–Trinajstić information content (AvgIpc) is 2.95. The highest BCUT2D eigenvalue weighted by molar-refractivity contribution is 5.78. The number of nitrogens with zero attached hydrogens (tertiary/aromatic N) is 1. The summed E-state index contributed by atoms with van der Waals surface area (Å²) < 4.78 is 0. The van der Waals surface area contributed by atoms with Crippen LogP contribution in [-0.2, 0) is 17.8 Å². The van der Waals surface area contributed by atoms with Gasteiger partial charge in [0.2, 0.25) is 5.91 Å². The topological polar surface area (TPSA) is 52.6 Å². The molecule has 4 nitrogen and oxygen atoms in total. The Morgan fingerprint density at radius 3 is 2.56 bits per heavy atom. The number of β-amino-alcohol motifs (C(OH)–C–C–N with tert-alkyl or cyclic N) is 1. The average molecular weight is 338 g/mol. The van der Waals surface area contributed by atoms with Gasteiger partial charge in [-0.25, -0.2) is 0 Å². The summed E-state index contributed by atoms with van der Waals surface area (Å²) in [6, 6.07) is 18.5. The summed E-state index contributed by atoms with van der Waals surface area (Å²) in [7, 11) is 0. The fourth-order valence-corrected chi connectivity index (χ4v) is 3.37. The largest absolute Gasteiger partial charge is 0.392 e. The lowest BCUT2D eigenvalue weighted by molar-refractivity contribution is -0.120. The summed E-state index contributed by atoms with van der Waals surface area (Å²) in [6.07, 6.45) is 0.786. The van der Waals surface area contributed by atoms with Gasteiger partial charge in [0, 0.05) is 25.7 Å². The van der Waals surface area contributed by atoms with E-state index in [1.165, 1.54) is 11.1 Å². The van der Waals surface area contributed by atoms with E-state index in [2.05, 4.69) is 22.3 Å². The number of aliphatic hydroxyl groups excluding tert-OH is 1. The first-order valence-electron chi connectivity index (χ1n) is 8.88. The number of carbonyl (C=O) groups is 1. The Kier molecular flexibility index (Phi) is 5.84. The van der Waals surface area contributed by atoms with Gasteiger partial charge >= 0.3 is 0 Å². The first-order chi connectivity index (χ1) is 12.1. The Morgan fingerprint density at radius 1 is 1.12 bits per heavy atom. The molecule has 1 saturated heterocycles. The first kappa shape index (κ1) is 17.6. The highest BCUT2D eigenvalue weighted by atomic mass is 16.3. The molecule has 3 rings (SSSR count). The van der Waals surface area contributed by atoms with Crippen molar-refractivity contribution in [3.63, 3.8) is 0 Å². The highest BCUT2D eigenvalue weighted by Crippen LogP contribution is 2.20. The number of aliphatic hydroxyl groups is 1. The van der Waals surface area contributed by atoms with Gasteiger partial charge in [-0.1, -0.05) is 60.2 Å². The second-order valence-corrected chi connectivity index (χ2v) is 6.92. The van der Waals surface area contributed by atoms with Gasteiger partial charge in [0.25, 0.3) is 0 Å². The van der Waals surface area contributed by atoms with Gasteiger partial charge < -0.3 is 10.4 Å². The van der Waals surface area contributed by atoms with Crippen molar-refractivity contribution >= 4 is 5.91 Å². The van der Waals surface area contributed by atoms with Crippen LogP contribution in [-0.4, -0.2) is 41.1 Å². The summed E-state index contributed by atoms with van der Waals surface area (Å²) in [5.74, 6) is 0.0323. The molecule has 2 aromatic rings. The molecule has 0 aliphatic carbocycles. The summed E-state index contributed by atoms with van der Waals surface area (Å²) in [5.41, 5.74) is 3.45. The standard InChI is InChI=1S/C21H26N2O2/c1-16-7-9-17(10-8-16)11-21(25)22-13-19-12-20(24)15-23(19)14-18-5-3-2-4-6-18/h2-10,19-20,24H,11-15H2,1H3,(H,22,25). The number of hydrogen-bond donors (Lipinski definition) is 2. The Balaban J connectivity index is 1.51. The van der Waals surface area contributed by atoms with Crippen LogP contribution < -0.4 is 5.32 Å². The van der Waals surface area contributed by atoms with Gasteiger partial charge in [0.05, 0.1) is 12.5 Å². The summed E-state index contributed by atoms with van der Waals surface area (Å²) in [6.45, 7) is 4.08. The minimum absolute atomic E-state index is 0.0323. The zero-order valence-corrected chi connectivity index (χ0v) is 14.7. The fourth-order valence-electron chi connectivity index (χ4n) is 3.37. The normalized spacial score (nSPS) is 20.6. The van der Waals surface area contributed by atoms with Gasteiger partial charge in [-0.3, -0.25) is 9.69 Å². The molecule has 25 heavy (non-hydrogen) atoms. The smallest absolute Gasteiger partial charge is 0.224 e. The molecule has 2 atom stereocenters. The van der Waals surface area contributed by atoms with Crippen molar-refractivity contribution in [1.82, 2.24) is 10.2 Å². The molecule has 1 heterocycles. The molecule has 132 valence electrons. The van der Waals surface area contributed by atoms with Crippen molar-refractivity contribution in [2.45, 2.75) is 38.5 Å². The molecule has 4 heteroatoms. The van der Waals surface area contributed by atoms with Gasteiger partial charge in [-0.15, -0.1) is 0 Å². The highest BCUT2D eigenvalue weighted by Gasteiger charge is 2.30. The van der Waals surface area contributed by atoms with Crippen LogP contribution in [0.25, 0.3) is 0 Å². The quantitative estimate of drug-likeness (QED) is 0.850. The number of benzene rings is 2. The molecule has 0 bridgehead atoms. The van der Waals surface area contributed by atoms with Crippen molar-refractivity contribution in [2.24, 2.45) is 0 Å². The lowest BCUT2D eigenvalue weighted by Crippen LogP contribution is -2.40. The van der Waals surface area contributed by atoms with Crippen molar-refractivity contribution in [3.05, 3.63) is 71.3 Å². The predicted molar refractivity (Wildman–Crippen MR) is 99.2 cm³/mol. The fraction of sp³-hybridized carbons (Fsp3) is 0.381. The number of rotatable bonds is 6. The van der Waals surface area contributed by atoms with Gasteiger partial charge in [-0.2, -0.15) is 0 Å². The number of nitrogens with one attached hydrogen (secondary N) is 1. The third-order valence-electron chi connectivity index (χ3n) is 4.75. The van der Waals surface area contributed by atoms with E-state index in [0.29, 0.717) is 25.9 Å². The summed E-state index contributed by atoms with van der Waals surface area (Å²) in [4.78, 5) is 14.5. The van der Waals surface area contributed by atoms with Crippen molar-refractivity contribution in [3.8, 4) is 0 Å². The lowest BCUT2D eigenvalue weighted by atomic mass is 10.1. The van der Waals surface area contributed by atoms with Crippen LogP contribution in [0.2, 0.25) is 0 Å². The minimum atomic E-state index is -0.317. The molecule has 2 N–H and O–H groups in total. The third kappa shape index (κ3) is 5.15. The molecule has 1 amide bonds. The minimum Gasteiger partial charge on any atom is -0.392 e. The number of amides is 1. The maximum Gasteiger partial charge on any atom is 0.224 e. The van der Waals surface area contributed by atoms with Crippen LogP contribution >= 0.6 is 0 Å². The maximum atomic E-state index is 12.2. The monoisotopic (exact) mass is 338 g/mol. The number of aryl methyl sites for hydroxylation is 1. The number of carbonyl (C=O) groups excluding carboxylic acids is 1. The van der Waals surface area contributed by atoms with Crippen molar-refractivity contribution in [2.75, 3.05) is 13.1 Å². The van der Waals surface area contributed by atoms with E-state index in [4.69, 9.17) is 0 Å². The lowest BCUT2D eigenvalue weighted by Gasteiger charge is -2.24. The molecular weight excluding hydrogens is 312 g/mol. The van der Waals surface area contributed by atoms with Crippen LogP contribution in [0.1, 0.15) is 23.1 Å². The molecule has 0 saturated carbocycles. The van der Waals surface area contributed by atoms with E-state index < -0.39 is 0 Å². The molecule has 1 aliphatic heterocycles. The SMILES string of the molecule is Cc1ccc(CC(=O)NCC2CC(O)CN2Cc2ccccc2)cc1. The molecule has 0 spiro atoms. The van der Waals surface area contributed by atoms with Crippen LogP contribution in [0.5, 0.6) is 0 Å². The van der Waals surface area contributed by atoms with Crippen molar-refractivity contribution < 1.29 is 9.90 Å². The Bertz CT molecular complexity index is 685. The predicted octanol–water partition coefficient (Wildman–Crippen LogP) is 2.29. The van der Waals surface area contributed by atoms with Crippen LogP contribution in [0, 0.1) is 6.92 Å². The zero-order chi connectivity index (χ0) is 17.6. The first-order valence-corrected chi connectivity index (χ1v) is 8.88. The second kappa shape index (κ2) is 8.28. The molecule has 0 radical (unpaired) electrons. The zero-order valence-electron chi connectivity index (χ0n) is 14.7. The molecule has 2 unspecified atom stereocenters. The summed E-state index contributed by atoms with van der Waals surface area (Å²) >= 11 is 0. The summed E-state index contributed by atoms with van der Waals surface area (Å²) in [5, 5.41) is 13.1. The molecule has 1 aliphatic rings. The number of likely N-dealkylation sites (tertiary alicyclic amines) is 1. The van der Waals surface area contributed by atoms with Gasteiger partial charge in [0.1, 0.15) is 0 Å². The van der Waals surface area contributed by atoms with E-state index in [-0.39, 0.29) is 18.1 Å². The molecule has 0 aromatic heterocycles. The van der Waals surface area contributed by atoms with Gasteiger partial charge in [-0.05, 0) is 24.5 Å². The molecule has 2 aromatic carbocycles. The van der Waals surface area contributed by atoms with E-state index in [0.717, 1.165) is 12.1 Å². The third-order valence-corrected chi connectivity index (χ3v) is 4.75. The van der Waals surface area contributed by atoms with Gasteiger partial charge in [0.15, 0.2) is 0 Å². The Labute approximate surface area is 149 Å². The van der Waals surface area contributed by atoms with E-state index in [1.54, 1.807) is 0 Å². The molecule has 1 fully saturated rings. The van der Waals surface area contributed by atoms with E-state index in [9.17, 15) is 9.90 Å². The second-order valence-electron chi connectivity index (χ2n) is 6.92. The van der Waals surface area contributed by atoms with Crippen molar-refractivity contribution in [1.29, 1.82) is 0 Å². The Morgan fingerprint density at radius 2 is 1.84 bits per heavy atom. The van der Waals surface area contributed by atoms with E-state index in [1.807, 2.05) is 49.4 Å². The van der Waals surface area contributed by atoms with Crippen LogP contribution in [0.3, 0.4) is 0 Å². The maximum absolute atomic E-state index is 12.2. The Hall–Kier alpha value is -2.17. The molecular formula is C21H26N2O2. The number of hydrogen-bond acceptors (Lipinski definition) is 3. The van der Waals surface area contributed by atoms with Crippen LogP contribution in [0.15, 0.2) is 54.6 Å². The van der Waals surface area contributed by atoms with Crippen LogP contribution in [0.4, 0.5) is 0 Å². The van der Waals surface area contributed by atoms with E-state index >= 15 is 0 Å².